The molecule has 4 N–H and O–H groups in total. The fourth-order valence-corrected chi connectivity index (χ4v) is 1.26. The summed E-state index contributed by atoms with van der Waals surface area (Å²) in [5.41, 5.74) is 10.4. The van der Waals surface area contributed by atoms with Crippen molar-refractivity contribution in [1.29, 1.82) is 0 Å². The van der Waals surface area contributed by atoms with Crippen LogP contribution in [-0.4, -0.2) is 5.21 Å². The zero-order valence-electron chi connectivity index (χ0n) is 9.04. The molecule has 0 unspecified atom stereocenters. The quantitative estimate of drug-likeness (QED) is 0.427. The summed E-state index contributed by atoms with van der Waals surface area (Å²) in [6.07, 6.45) is 0. The maximum Gasteiger partial charge on any atom is 0.0858 e. The van der Waals surface area contributed by atoms with Crippen molar-refractivity contribution in [2.45, 2.75) is 0 Å². The number of rotatable bonds is 3. The lowest BCUT2D eigenvalue weighted by molar-refractivity contribution is 0.389. The van der Waals surface area contributed by atoms with Crippen LogP contribution in [0.3, 0.4) is 0 Å². The molecule has 0 aliphatic heterocycles. The molecular weight excluding hydrogens is 216 g/mol. The third-order valence-corrected chi connectivity index (χ3v) is 2.17. The van der Waals surface area contributed by atoms with Crippen molar-refractivity contribution in [3.8, 4) is 0 Å². The Morgan fingerprint density at radius 3 is 1.76 bits per heavy atom. The Hall–Kier alpha value is -2.40. The van der Waals surface area contributed by atoms with Gasteiger partial charge < -0.3 is 5.73 Å². The molecule has 5 nitrogen and oxygen atoms in total. The summed E-state index contributed by atoms with van der Waals surface area (Å²) in [7, 11) is 0. The monoisotopic (exact) mass is 228 g/mol. The van der Waals surface area contributed by atoms with Crippen molar-refractivity contribution in [3.63, 3.8) is 0 Å². The van der Waals surface area contributed by atoms with Crippen LogP contribution >= 0.6 is 0 Å². The number of benzene rings is 2. The molecule has 0 heterocycles. The molecule has 0 spiro atoms. The van der Waals surface area contributed by atoms with Crippen molar-refractivity contribution in [2.75, 3.05) is 11.2 Å². The van der Waals surface area contributed by atoms with E-state index in [9.17, 15) is 0 Å². The van der Waals surface area contributed by atoms with Crippen molar-refractivity contribution >= 4 is 22.7 Å². The van der Waals surface area contributed by atoms with E-state index in [1.807, 2.05) is 5.48 Å². The first-order valence-electron chi connectivity index (χ1n) is 5.05. The minimum atomic E-state index is 0.608. The minimum Gasteiger partial charge on any atom is -0.399 e. The second-order valence-corrected chi connectivity index (χ2v) is 3.45. The molecule has 0 bridgehead atoms. The Bertz CT molecular complexity index is 505. The Labute approximate surface area is 98.6 Å². The molecule has 2 aromatic rings. The number of azo groups is 1. The largest absolute Gasteiger partial charge is 0.399 e. The molecule has 5 heteroatoms. The molecule has 0 aliphatic rings. The third kappa shape index (κ3) is 3.02. The summed E-state index contributed by atoms with van der Waals surface area (Å²) in [6, 6.07) is 14.0. The number of nitrogens with two attached hydrogens (primary N) is 1. The SMILES string of the molecule is Nc1ccc(N=Nc2ccc(NO)cc2)cc1. The topological polar surface area (TPSA) is 83.0 Å². The predicted octanol–water partition coefficient (Wildman–Crippen LogP) is 3.49. The normalized spacial score (nSPS) is 10.6. The molecule has 86 valence electrons. The summed E-state index contributed by atoms with van der Waals surface area (Å²) in [5, 5.41) is 16.8. The lowest BCUT2D eigenvalue weighted by atomic mass is 10.3. The van der Waals surface area contributed by atoms with Crippen molar-refractivity contribution in [3.05, 3.63) is 48.5 Å². The van der Waals surface area contributed by atoms with Crippen molar-refractivity contribution < 1.29 is 5.21 Å². The van der Waals surface area contributed by atoms with Gasteiger partial charge in [-0.15, -0.1) is 0 Å². The Kier molecular flexibility index (Phi) is 3.32. The van der Waals surface area contributed by atoms with Gasteiger partial charge in [0.05, 0.1) is 17.1 Å². The fraction of sp³-hybridized carbons (Fsp3) is 0. The predicted molar refractivity (Wildman–Crippen MR) is 66.9 cm³/mol. The van der Waals surface area contributed by atoms with Crippen molar-refractivity contribution in [1.82, 2.24) is 0 Å². The number of nitrogens with one attached hydrogen (secondary N) is 1. The average Bonchev–Trinajstić information content (AvgIpc) is 2.39. The molecule has 0 saturated heterocycles. The van der Waals surface area contributed by atoms with E-state index >= 15 is 0 Å². The van der Waals surface area contributed by atoms with Crippen LogP contribution in [0.2, 0.25) is 0 Å². The van der Waals surface area contributed by atoms with E-state index in [2.05, 4.69) is 10.2 Å². The van der Waals surface area contributed by atoms with Gasteiger partial charge in [-0.05, 0) is 48.5 Å². The first kappa shape index (κ1) is 11.1. The molecule has 0 fully saturated rings. The van der Waals surface area contributed by atoms with Crippen LogP contribution in [0.25, 0.3) is 0 Å². The molecule has 0 radical (unpaired) electrons. The van der Waals surface area contributed by atoms with E-state index in [1.165, 1.54) is 0 Å². The van der Waals surface area contributed by atoms with Crippen LogP contribution in [0.15, 0.2) is 58.8 Å². The zero-order valence-corrected chi connectivity index (χ0v) is 9.04. The lowest BCUT2D eigenvalue weighted by Gasteiger charge is -1.97. The molecule has 0 saturated carbocycles. The average molecular weight is 228 g/mol. The van der Waals surface area contributed by atoms with Crippen LogP contribution in [-0.2, 0) is 0 Å². The highest BCUT2D eigenvalue weighted by molar-refractivity contribution is 5.50. The van der Waals surface area contributed by atoms with Gasteiger partial charge in [-0.1, -0.05) is 0 Å². The molecule has 17 heavy (non-hydrogen) atoms. The summed E-state index contributed by atoms with van der Waals surface area (Å²) in [4.78, 5) is 0. The number of hydrogen-bond donors (Lipinski definition) is 3. The van der Waals surface area contributed by atoms with Crippen LogP contribution in [0.4, 0.5) is 22.7 Å². The number of anilines is 2. The Balaban J connectivity index is 2.11. The summed E-state index contributed by atoms with van der Waals surface area (Å²) in [5.74, 6) is 0. The standard InChI is InChI=1S/C12H12N4O/c13-9-1-3-10(4-2-9)14-15-11-5-7-12(16-17)8-6-11/h1-8,16-17H,13H2. The van der Waals surface area contributed by atoms with Crippen LogP contribution in [0.5, 0.6) is 0 Å². The van der Waals surface area contributed by atoms with E-state index in [0.717, 1.165) is 5.69 Å². The molecule has 0 aliphatic carbocycles. The second-order valence-electron chi connectivity index (χ2n) is 3.45. The summed E-state index contributed by atoms with van der Waals surface area (Å²) in [6.45, 7) is 0. The first-order chi connectivity index (χ1) is 8.28. The highest BCUT2D eigenvalue weighted by atomic mass is 16.5. The number of nitrogens with zero attached hydrogens (tertiary/aromatic N) is 2. The summed E-state index contributed by atoms with van der Waals surface area (Å²) >= 11 is 0. The smallest absolute Gasteiger partial charge is 0.0858 e. The van der Waals surface area contributed by atoms with Gasteiger partial charge in [-0.3, -0.25) is 10.7 Å². The van der Waals surface area contributed by atoms with Gasteiger partial charge in [0.25, 0.3) is 0 Å². The maximum atomic E-state index is 8.65. The lowest BCUT2D eigenvalue weighted by Crippen LogP contribution is -1.86. The molecule has 2 rings (SSSR count). The second kappa shape index (κ2) is 5.09. The molecule has 0 aromatic heterocycles. The maximum absolute atomic E-state index is 8.65. The van der Waals surface area contributed by atoms with Crippen LogP contribution in [0.1, 0.15) is 0 Å². The van der Waals surface area contributed by atoms with E-state index < -0.39 is 0 Å². The van der Waals surface area contributed by atoms with E-state index in [0.29, 0.717) is 17.1 Å². The van der Waals surface area contributed by atoms with Crippen LogP contribution < -0.4 is 11.2 Å². The highest BCUT2D eigenvalue weighted by Crippen LogP contribution is 2.20. The number of nitrogen functional groups attached to an aromatic ring is 1. The molecule has 2 aromatic carbocycles. The summed E-state index contributed by atoms with van der Waals surface area (Å²) < 4.78 is 0. The van der Waals surface area contributed by atoms with E-state index in [4.69, 9.17) is 10.9 Å². The molecular formula is C12H12N4O. The van der Waals surface area contributed by atoms with Gasteiger partial charge in [0.1, 0.15) is 0 Å². The Morgan fingerprint density at radius 1 is 0.824 bits per heavy atom. The van der Waals surface area contributed by atoms with Crippen LogP contribution in [0, 0.1) is 0 Å². The van der Waals surface area contributed by atoms with Gasteiger partial charge in [-0.2, -0.15) is 10.2 Å². The van der Waals surface area contributed by atoms with Gasteiger partial charge in [0.15, 0.2) is 0 Å². The molecule has 0 amide bonds. The third-order valence-electron chi connectivity index (χ3n) is 2.17. The highest BCUT2D eigenvalue weighted by Gasteiger charge is 1.92. The number of hydrogen-bond acceptors (Lipinski definition) is 5. The van der Waals surface area contributed by atoms with Gasteiger partial charge in [0.2, 0.25) is 0 Å². The van der Waals surface area contributed by atoms with Gasteiger partial charge in [0, 0.05) is 5.69 Å². The zero-order chi connectivity index (χ0) is 12.1. The van der Waals surface area contributed by atoms with E-state index in [-0.39, 0.29) is 0 Å². The minimum absolute atomic E-state index is 0.608. The van der Waals surface area contributed by atoms with Gasteiger partial charge in [-0.25, -0.2) is 0 Å². The fourth-order valence-electron chi connectivity index (χ4n) is 1.26. The van der Waals surface area contributed by atoms with Crippen molar-refractivity contribution in [2.24, 2.45) is 10.2 Å². The Morgan fingerprint density at radius 2 is 1.29 bits per heavy atom. The van der Waals surface area contributed by atoms with E-state index in [1.54, 1.807) is 48.5 Å². The first-order valence-corrected chi connectivity index (χ1v) is 5.05. The van der Waals surface area contributed by atoms with Gasteiger partial charge >= 0.3 is 0 Å². The molecule has 0 atom stereocenters.